The largest absolute Gasteiger partial charge is 0.363 e. The van der Waals surface area contributed by atoms with Crippen molar-refractivity contribution in [1.29, 1.82) is 0 Å². The van der Waals surface area contributed by atoms with Gasteiger partial charge in [-0.15, -0.1) is 0 Å². The zero-order valence-electron chi connectivity index (χ0n) is 11.5. The molecule has 0 aliphatic rings. The van der Waals surface area contributed by atoms with Crippen LogP contribution in [0.15, 0.2) is 30.6 Å². The van der Waals surface area contributed by atoms with Gasteiger partial charge in [0.05, 0.1) is 6.04 Å². The Morgan fingerprint density at radius 1 is 1.30 bits per heavy atom. The molecular formula is C15H17ClFN3. The minimum Gasteiger partial charge on any atom is -0.363 e. The van der Waals surface area contributed by atoms with Crippen molar-refractivity contribution < 1.29 is 4.39 Å². The van der Waals surface area contributed by atoms with E-state index in [9.17, 15) is 4.39 Å². The third kappa shape index (κ3) is 3.25. The number of hydrogen-bond donors (Lipinski definition) is 1. The summed E-state index contributed by atoms with van der Waals surface area (Å²) in [6, 6.07) is 6.51. The van der Waals surface area contributed by atoms with Crippen LogP contribution in [-0.2, 0) is 6.42 Å². The molecule has 1 aromatic carbocycles. The molecule has 0 aliphatic heterocycles. The molecule has 1 aromatic heterocycles. The van der Waals surface area contributed by atoms with Gasteiger partial charge in [0.1, 0.15) is 23.1 Å². The van der Waals surface area contributed by atoms with Crippen molar-refractivity contribution in [2.24, 2.45) is 0 Å². The minimum absolute atomic E-state index is 0.197. The van der Waals surface area contributed by atoms with E-state index in [2.05, 4.69) is 22.2 Å². The molecule has 1 atom stereocenters. The molecule has 0 saturated heterocycles. The summed E-state index contributed by atoms with van der Waals surface area (Å²) in [5.74, 6) is 0.437. The maximum absolute atomic E-state index is 13.8. The lowest BCUT2D eigenvalue weighted by Crippen LogP contribution is -2.12. The van der Waals surface area contributed by atoms with Crippen LogP contribution in [0.5, 0.6) is 0 Å². The maximum Gasteiger partial charge on any atom is 0.137 e. The molecule has 0 saturated carbocycles. The van der Waals surface area contributed by atoms with E-state index >= 15 is 0 Å². The predicted octanol–water partition coefficient (Wildman–Crippen LogP) is 4.39. The van der Waals surface area contributed by atoms with E-state index in [0.29, 0.717) is 16.5 Å². The first kappa shape index (κ1) is 14.7. The van der Waals surface area contributed by atoms with Crippen molar-refractivity contribution in [1.82, 2.24) is 9.97 Å². The van der Waals surface area contributed by atoms with Crippen LogP contribution >= 0.6 is 11.6 Å². The fourth-order valence-corrected chi connectivity index (χ4v) is 2.32. The number of anilines is 1. The van der Waals surface area contributed by atoms with Gasteiger partial charge in [0.15, 0.2) is 0 Å². The summed E-state index contributed by atoms with van der Waals surface area (Å²) in [4.78, 5) is 8.22. The second-order valence-corrected chi connectivity index (χ2v) is 4.99. The molecule has 1 heterocycles. The van der Waals surface area contributed by atoms with E-state index in [1.54, 1.807) is 12.1 Å². The number of benzene rings is 1. The van der Waals surface area contributed by atoms with Crippen LogP contribution in [0, 0.1) is 5.82 Å². The van der Waals surface area contributed by atoms with Gasteiger partial charge in [0.2, 0.25) is 0 Å². The highest BCUT2D eigenvalue weighted by molar-refractivity contribution is 6.30. The summed E-state index contributed by atoms with van der Waals surface area (Å²) in [6.45, 7) is 3.96. The van der Waals surface area contributed by atoms with Crippen LogP contribution in [0.4, 0.5) is 10.2 Å². The first-order chi connectivity index (χ1) is 9.63. The average Bonchev–Trinajstić information content (AvgIpc) is 2.43. The Morgan fingerprint density at radius 3 is 2.75 bits per heavy atom. The van der Waals surface area contributed by atoms with Crippen molar-refractivity contribution >= 4 is 17.4 Å². The molecule has 0 bridgehead atoms. The van der Waals surface area contributed by atoms with Crippen LogP contribution in [0.2, 0.25) is 5.15 Å². The fourth-order valence-electron chi connectivity index (χ4n) is 2.10. The molecule has 2 aromatic rings. The normalized spacial score (nSPS) is 12.2. The van der Waals surface area contributed by atoms with Gasteiger partial charge in [0, 0.05) is 11.1 Å². The van der Waals surface area contributed by atoms with Crippen molar-refractivity contribution in [3.63, 3.8) is 0 Å². The molecule has 0 aliphatic carbocycles. The topological polar surface area (TPSA) is 37.8 Å². The van der Waals surface area contributed by atoms with E-state index in [1.165, 1.54) is 12.4 Å². The second-order valence-electron chi connectivity index (χ2n) is 4.63. The van der Waals surface area contributed by atoms with Crippen molar-refractivity contribution in [2.45, 2.75) is 32.7 Å². The number of halogens is 2. The molecular weight excluding hydrogens is 277 g/mol. The Hall–Kier alpha value is -1.68. The number of nitrogens with one attached hydrogen (secondary N) is 1. The standard InChI is InChI=1S/C15H17ClFN3/c1-3-6-12-14(16)18-9-19-15(12)20-10(2)11-7-4-5-8-13(11)17/h4-5,7-10H,3,6H2,1-2H3,(H,18,19,20). The lowest BCUT2D eigenvalue weighted by atomic mass is 10.1. The maximum atomic E-state index is 13.8. The zero-order chi connectivity index (χ0) is 14.5. The monoisotopic (exact) mass is 293 g/mol. The highest BCUT2D eigenvalue weighted by Gasteiger charge is 2.14. The summed E-state index contributed by atoms with van der Waals surface area (Å²) in [7, 11) is 0. The average molecular weight is 294 g/mol. The Labute approximate surface area is 123 Å². The van der Waals surface area contributed by atoms with Crippen LogP contribution < -0.4 is 5.32 Å². The summed E-state index contributed by atoms with van der Waals surface area (Å²) in [6.07, 6.45) is 3.14. The molecule has 1 unspecified atom stereocenters. The van der Waals surface area contributed by atoms with E-state index in [0.717, 1.165) is 18.4 Å². The summed E-state index contributed by atoms with van der Waals surface area (Å²) < 4.78 is 13.8. The Morgan fingerprint density at radius 2 is 2.05 bits per heavy atom. The first-order valence-corrected chi connectivity index (χ1v) is 7.01. The third-order valence-corrected chi connectivity index (χ3v) is 3.44. The van der Waals surface area contributed by atoms with Gasteiger partial charge < -0.3 is 5.32 Å². The van der Waals surface area contributed by atoms with Gasteiger partial charge in [-0.3, -0.25) is 0 Å². The van der Waals surface area contributed by atoms with Gasteiger partial charge >= 0.3 is 0 Å². The van der Waals surface area contributed by atoms with Crippen molar-refractivity contribution in [2.75, 3.05) is 5.32 Å². The van der Waals surface area contributed by atoms with Gasteiger partial charge in [-0.25, -0.2) is 14.4 Å². The molecule has 3 nitrogen and oxygen atoms in total. The van der Waals surface area contributed by atoms with Gasteiger partial charge in [-0.2, -0.15) is 0 Å². The Kier molecular flexibility index (Phi) is 4.90. The minimum atomic E-state index is -0.232. The van der Waals surface area contributed by atoms with E-state index < -0.39 is 0 Å². The Balaban J connectivity index is 2.26. The van der Waals surface area contributed by atoms with Crippen LogP contribution in [0.25, 0.3) is 0 Å². The molecule has 0 radical (unpaired) electrons. The van der Waals surface area contributed by atoms with Crippen LogP contribution in [-0.4, -0.2) is 9.97 Å². The fraction of sp³-hybridized carbons (Fsp3) is 0.333. The number of nitrogens with zero attached hydrogens (tertiary/aromatic N) is 2. The number of rotatable bonds is 5. The van der Waals surface area contributed by atoms with E-state index in [1.807, 2.05) is 13.0 Å². The molecule has 0 amide bonds. The molecule has 1 N–H and O–H groups in total. The number of aromatic nitrogens is 2. The molecule has 5 heteroatoms. The van der Waals surface area contributed by atoms with Crippen molar-refractivity contribution in [3.8, 4) is 0 Å². The lowest BCUT2D eigenvalue weighted by molar-refractivity contribution is 0.600. The quantitative estimate of drug-likeness (QED) is 0.831. The van der Waals surface area contributed by atoms with Gasteiger partial charge in [0.25, 0.3) is 0 Å². The molecule has 0 spiro atoms. The first-order valence-electron chi connectivity index (χ1n) is 6.63. The molecule has 2 rings (SSSR count). The molecule has 20 heavy (non-hydrogen) atoms. The Bertz CT molecular complexity index is 589. The van der Waals surface area contributed by atoms with Crippen LogP contribution in [0.3, 0.4) is 0 Å². The molecule has 106 valence electrons. The summed E-state index contributed by atoms with van der Waals surface area (Å²) >= 11 is 6.10. The van der Waals surface area contributed by atoms with Crippen LogP contribution in [0.1, 0.15) is 37.4 Å². The number of hydrogen-bond acceptors (Lipinski definition) is 3. The third-order valence-electron chi connectivity index (χ3n) is 3.12. The van der Waals surface area contributed by atoms with Gasteiger partial charge in [-0.1, -0.05) is 43.1 Å². The van der Waals surface area contributed by atoms with E-state index in [4.69, 9.17) is 11.6 Å². The van der Waals surface area contributed by atoms with Crippen molar-refractivity contribution in [3.05, 3.63) is 52.7 Å². The zero-order valence-corrected chi connectivity index (χ0v) is 12.3. The predicted molar refractivity (Wildman–Crippen MR) is 79.5 cm³/mol. The smallest absolute Gasteiger partial charge is 0.137 e. The highest BCUT2D eigenvalue weighted by atomic mass is 35.5. The second kappa shape index (κ2) is 6.66. The summed E-state index contributed by atoms with van der Waals surface area (Å²) in [5, 5.41) is 3.67. The SMILES string of the molecule is CCCc1c(Cl)ncnc1NC(C)c1ccccc1F. The summed E-state index contributed by atoms with van der Waals surface area (Å²) in [5.41, 5.74) is 1.48. The molecule has 0 fully saturated rings. The lowest BCUT2D eigenvalue weighted by Gasteiger charge is -2.18. The highest BCUT2D eigenvalue weighted by Crippen LogP contribution is 2.26. The van der Waals surface area contributed by atoms with E-state index in [-0.39, 0.29) is 11.9 Å². The van der Waals surface area contributed by atoms with Gasteiger partial charge in [-0.05, 0) is 19.4 Å².